The standard InChI is InChI=1S/C9H12ClN5/c1-3-7(6(2)10)8-4-11-5-9-12-13-14-15(8)9/h4-7H,3H2,1-2H3. The number of tetrazole rings is 1. The second-order valence-electron chi connectivity index (χ2n) is 3.47. The normalized spacial score (nSPS) is 15.4. The molecule has 0 aromatic carbocycles. The lowest BCUT2D eigenvalue weighted by Crippen LogP contribution is -2.13. The SMILES string of the molecule is CCC(c1cncc2nnnn12)C(C)Cl. The van der Waals surface area contributed by atoms with Gasteiger partial charge < -0.3 is 0 Å². The summed E-state index contributed by atoms with van der Waals surface area (Å²) in [5.41, 5.74) is 1.62. The fourth-order valence-corrected chi connectivity index (χ4v) is 2.02. The summed E-state index contributed by atoms with van der Waals surface area (Å²) in [6.07, 6.45) is 4.34. The van der Waals surface area contributed by atoms with E-state index in [1.807, 2.05) is 6.92 Å². The van der Waals surface area contributed by atoms with Gasteiger partial charge in [0, 0.05) is 17.5 Å². The molecule has 0 fully saturated rings. The average Bonchev–Trinajstić information content (AvgIpc) is 2.66. The summed E-state index contributed by atoms with van der Waals surface area (Å²) in [7, 11) is 0. The van der Waals surface area contributed by atoms with Crippen LogP contribution in [-0.4, -0.2) is 30.4 Å². The minimum atomic E-state index is 0.0339. The van der Waals surface area contributed by atoms with Crippen LogP contribution in [0.4, 0.5) is 0 Å². The Hall–Kier alpha value is -1.23. The highest BCUT2D eigenvalue weighted by Crippen LogP contribution is 2.25. The highest BCUT2D eigenvalue weighted by Gasteiger charge is 2.19. The Balaban J connectivity index is 2.54. The topological polar surface area (TPSA) is 56.0 Å². The molecule has 0 amide bonds. The molecule has 15 heavy (non-hydrogen) atoms. The van der Waals surface area contributed by atoms with Crippen molar-refractivity contribution in [2.45, 2.75) is 31.6 Å². The lowest BCUT2D eigenvalue weighted by Gasteiger charge is -2.17. The second kappa shape index (κ2) is 4.10. The fourth-order valence-electron chi connectivity index (χ4n) is 1.72. The van der Waals surface area contributed by atoms with Crippen LogP contribution in [0.5, 0.6) is 0 Å². The minimum absolute atomic E-state index is 0.0339. The van der Waals surface area contributed by atoms with Gasteiger partial charge in [-0.15, -0.1) is 16.7 Å². The van der Waals surface area contributed by atoms with Crippen molar-refractivity contribution in [2.24, 2.45) is 0 Å². The van der Waals surface area contributed by atoms with Gasteiger partial charge >= 0.3 is 0 Å². The van der Waals surface area contributed by atoms with Crippen molar-refractivity contribution in [1.29, 1.82) is 0 Å². The summed E-state index contributed by atoms with van der Waals surface area (Å²) in [6, 6.07) is 0. The Morgan fingerprint density at radius 3 is 2.93 bits per heavy atom. The van der Waals surface area contributed by atoms with Crippen LogP contribution in [0.2, 0.25) is 0 Å². The molecule has 0 aliphatic rings. The van der Waals surface area contributed by atoms with Crippen LogP contribution in [0.1, 0.15) is 31.9 Å². The van der Waals surface area contributed by atoms with Gasteiger partial charge in [0.15, 0.2) is 5.65 Å². The predicted molar refractivity (Wildman–Crippen MR) is 56.9 cm³/mol. The van der Waals surface area contributed by atoms with E-state index in [0.29, 0.717) is 5.65 Å². The van der Waals surface area contributed by atoms with Crippen LogP contribution in [-0.2, 0) is 0 Å². The molecule has 2 unspecified atom stereocenters. The van der Waals surface area contributed by atoms with E-state index >= 15 is 0 Å². The van der Waals surface area contributed by atoms with Gasteiger partial charge in [-0.2, -0.15) is 4.52 Å². The molecule has 0 saturated heterocycles. The molecule has 0 aliphatic carbocycles. The second-order valence-corrected chi connectivity index (χ2v) is 4.16. The van der Waals surface area contributed by atoms with Gasteiger partial charge in [0.05, 0.1) is 11.9 Å². The Morgan fingerprint density at radius 1 is 1.47 bits per heavy atom. The molecule has 6 heteroatoms. The van der Waals surface area contributed by atoms with Crippen LogP contribution in [0.3, 0.4) is 0 Å². The zero-order valence-electron chi connectivity index (χ0n) is 8.63. The number of alkyl halides is 1. The number of nitrogens with zero attached hydrogens (tertiary/aromatic N) is 5. The molecule has 2 rings (SSSR count). The third kappa shape index (κ3) is 1.79. The first-order valence-electron chi connectivity index (χ1n) is 4.90. The fraction of sp³-hybridized carbons (Fsp3) is 0.556. The van der Waals surface area contributed by atoms with E-state index < -0.39 is 0 Å². The van der Waals surface area contributed by atoms with E-state index in [1.165, 1.54) is 0 Å². The number of halogens is 1. The number of aromatic nitrogens is 5. The molecule has 0 N–H and O–H groups in total. The van der Waals surface area contributed by atoms with Crippen molar-refractivity contribution in [3.63, 3.8) is 0 Å². The molecule has 2 aromatic rings. The van der Waals surface area contributed by atoms with Crippen molar-refractivity contribution >= 4 is 17.2 Å². The molecular formula is C9H12ClN5. The van der Waals surface area contributed by atoms with Gasteiger partial charge in [0.1, 0.15) is 0 Å². The zero-order valence-corrected chi connectivity index (χ0v) is 9.39. The Kier molecular flexibility index (Phi) is 2.81. The molecule has 0 radical (unpaired) electrons. The summed E-state index contributed by atoms with van der Waals surface area (Å²) in [4.78, 5) is 4.11. The van der Waals surface area contributed by atoms with E-state index in [0.717, 1.165) is 12.1 Å². The first-order chi connectivity index (χ1) is 7.24. The quantitative estimate of drug-likeness (QED) is 0.746. The zero-order chi connectivity index (χ0) is 10.8. The number of hydrogen-bond donors (Lipinski definition) is 0. The molecule has 0 spiro atoms. The monoisotopic (exact) mass is 225 g/mol. The molecular weight excluding hydrogens is 214 g/mol. The smallest absolute Gasteiger partial charge is 0.197 e. The molecule has 0 bridgehead atoms. The third-order valence-electron chi connectivity index (χ3n) is 2.51. The van der Waals surface area contributed by atoms with Gasteiger partial charge in [-0.3, -0.25) is 4.98 Å². The van der Waals surface area contributed by atoms with Gasteiger partial charge in [0.2, 0.25) is 0 Å². The highest BCUT2D eigenvalue weighted by molar-refractivity contribution is 6.20. The van der Waals surface area contributed by atoms with Crippen LogP contribution < -0.4 is 0 Å². The first kappa shape index (κ1) is 10.3. The van der Waals surface area contributed by atoms with Crippen molar-refractivity contribution in [1.82, 2.24) is 25.0 Å². The van der Waals surface area contributed by atoms with Crippen molar-refractivity contribution in [3.8, 4) is 0 Å². The molecule has 0 aliphatic heterocycles. The summed E-state index contributed by atoms with van der Waals surface area (Å²) in [6.45, 7) is 4.06. The Labute approximate surface area is 92.5 Å². The third-order valence-corrected chi connectivity index (χ3v) is 2.81. The number of fused-ring (bicyclic) bond motifs is 1. The maximum Gasteiger partial charge on any atom is 0.197 e. The van der Waals surface area contributed by atoms with Crippen LogP contribution in [0.25, 0.3) is 5.65 Å². The summed E-state index contributed by atoms with van der Waals surface area (Å²) in [5.74, 6) is 0.214. The maximum atomic E-state index is 6.14. The molecule has 5 nitrogen and oxygen atoms in total. The van der Waals surface area contributed by atoms with E-state index in [1.54, 1.807) is 16.9 Å². The summed E-state index contributed by atoms with van der Waals surface area (Å²) >= 11 is 6.14. The largest absolute Gasteiger partial charge is 0.259 e. The molecule has 0 saturated carbocycles. The van der Waals surface area contributed by atoms with E-state index in [9.17, 15) is 0 Å². The van der Waals surface area contributed by atoms with E-state index in [4.69, 9.17) is 11.6 Å². The van der Waals surface area contributed by atoms with E-state index in [-0.39, 0.29) is 11.3 Å². The Bertz CT molecular complexity index is 452. The first-order valence-corrected chi connectivity index (χ1v) is 5.33. The van der Waals surface area contributed by atoms with Crippen LogP contribution >= 0.6 is 11.6 Å². The average molecular weight is 226 g/mol. The van der Waals surface area contributed by atoms with Crippen LogP contribution in [0.15, 0.2) is 12.4 Å². The molecule has 80 valence electrons. The summed E-state index contributed by atoms with van der Waals surface area (Å²) < 4.78 is 1.69. The highest BCUT2D eigenvalue weighted by atomic mass is 35.5. The maximum absolute atomic E-state index is 6.14. The molecule has 2 heterocycles. The number of hydrogen-bond acceptors (Lipinski definition) is 4. The predicted octanol–water partition coefficient (Wildman–Crippen LogP) is 1.64. The molecule has 2 aromatic heterocycles. The van der Waals surface area contributed by atoms with E-state index in [2.05, 4.69) is 27.4 Å². The minimum Gasteiger partial charge on any atom is -0.259 e. The van der Waals surface area contributed by atoms with Gasteiger partial charge in [-0.05, 0) is 23.8 Å². The van der Waals surface area contributed by atoms with Crippen molar-refractivity contribution < 1.29 is 0 Å². The Morgan fingerprint density at radius 2 is 2.27 bits per heavy atom. The van der Waals surface area contributed by atoms with Gasteiger partial charge in [0.25, 0.3) is 0 Å². The molecule has 2 atom stereocenters. The van der Waals surface area contributed by atoms with Crippen molar-refractivity contribution in [3.05, 3.63) is 18.1 Å². The van der Waals surface area contributed by atoms with Gasteiger partial charge in [-0.1, -0.05) is 6.92 Å². The van der Waals surface area contributed by atoms with Gasteiger partial charge in [-0.25, -0.2) is 0 Å². The summed E-state index contributed by atoms with van der Waals surface area (Å²) in [5, 5.41) is 11.4. The van der Waals surface area contributed by atoms with Crippen LogP contribution in [0, 0.1) is 0 Å². The lowest BCUT2D eigenvalue weighted by atomic mass is 9.99. The number of rotatable bonds is 3. The lowest BCUT2D eigenvalue weighted by molar-refractivity contribution is 0.599. The van der Waals surface area contributed by atoms with Crippen molar-refractivity contribution in [2.75, 3.05) is 0 Å².